The average Bonchev–Trinajstić information content (AvgIpc) is 3.04. The molecule has 0 heterocycles. The lowest BCUT2D eigenvalue weighted by molar-refractivity contribution is -0.153. The van der Waals surface area contributed by atoms with Gasteiger partial charge in [-0.1, -0.05) is 18.1 Å². The van der Waals surface area contributed by atoms with Crippen LogP contribution in [0.1, 0.15) is 40.0 Å². The largest absolute Gasteiger partial charge is 0.389 e. The Morgan fingerprint density at radius 3 is 2.63 bits per heavy atom. The molecule has 8 nitrogen and oxygen atoms in total. The van der Waals surface area contributed by atoms with Crippen molar-refractivity contribution in [3.05, 3.63) is 33.9 Å². The molecule has 4 aliphatic rings. The van der Waals surface area contributed by atoms with E-state index in [0.717, 1.165) is 0 Å². The van der Waals surface area contributed by atoms with Crippen molar-refractivity contribution in [1.29, 1.82) is 0 Å². The van der Waals surface area contributed by atoms with E-state index >= 15 is 0 Å². The molecule has 158 valence electrons. The van der Waals surface area contributed by atoms with Gasteiger partial charge in [0, 0.05) is 28.9 Å². The molecule has 2 saturated carbocycles. The molecular weight excluding hydrogens is 386 g/mol. The number of fused-ring (bicyclic) bond motifs is 5. The minimum atomic E-state index is -1.24. The zero-order valence-corrected chi connectivity index (χ0v) is 17.3. The highest BCUT2D eigenvalue weighted by Crippen LogP contribution is 2.64. The van der Waals surface area contributed by atoms with Gasteiger partial charge in [0.2, 0.25) is 0 Å². The molecule has 4 aliphatic carbocycles. The van der Waals surface area contributed by atoms with Gasteiger partial charge < -0.3 is 5.11 Å². The van der Waals surface area contributed by atoms with Crippen molar-refractivity contribution in [2.45, 2.75) is 40.0 Å². The third-order valence-corrected chi connectivity index (χ3v) is 8.28. The van der Waals surface area contributed by atoms with Crippen molar-refractivity contribution < 1.29 is 24.3 Å². The fraction of sp³-hybridized carbons (Fsp3) is 0.636. The molecule has 0 radical (unpaired) electrons. The number of rotatable bonds is 3. The summed E-state index contributed by atoms with van der Waals surface area (Å²) in [6.45, 7) is 4.60. The second-order valence-electron chi connectivity index (χ2n) is 9.55. The van der Waals surface area contributed by atoms with E-state index < -0.39 is 35.2 Å². The van der Waals surface area contributed by atoms with Crippen LogP contribution >= 0.6 is 0 Å². The van der Waals surface area contributed by atoms with E-state index in [-0.39, 0.29) is 47.1 Å². The van der Waals surface area contributed by atoms with E-state index in [1.165, 1.54) is 6.08 Å². The van der Waals surface area contributed by atoms with Crippen LogP contribution in [0.5, 0.6) is 0 Å². The van der Waals surface area contributed by atoms with Crippen LogP contribution < -0.4 is 0 Å². The topological polar surface area (TPSA) is 137 Å². The first kappa shape index (κ1) is 20.7. The van der Waals surface area contributed by atoms with Crippen LogP contribution in [0, 0.1) is 40.4 Å². The number of nitrogens with zero attached hydrogens (tertiary/aromatic N) is 3. The Morgan fingerprint density at radius 1 is 1.30 bits per heavy atom. The van der Waals surface area contributed by atoms with Gasteiger partial charge in [0.25, 0.3) is 0 Å². The molecule has 7 atom stereocenters. The van der Waals surface area contributed by atoms with Gasteiger partial charge >= 0.3 is 0 Å². The monoisotopic (exact) mass is 411 g/mol. The SMILES string of the molecule is CC1C(=O)C=C2C(N=[N+]=[N-])=C[C@@H]3[C@H](C(=O)C[C@]4(C)[C@@H](C(=O)CO)CC[C@@H]34)[C@@]2(C)C1=O. The molecule has 0 aromatic heterocycles. The Balaban J connectivity index is 1.92. The van der Waals surface area contributed by atoms with Crippen molar-refractivity contribution in [2.24, 2.45) is 45.5 Å². The summed E-state index contributed by atoms with van der Waals surface area (Å²) in [4.78, 5) is 54.5. The summed E-state index contributed by atoms with van der Waals surface area (Å²) in [5.41, 5.74) is 7.78. The molecule has 0 aromatic carbocycles. The lowest BCUT2D eigenvalue weighted by Gasteiger charge is -2.55. The first-order valence-corrected chi connectivity index (χ1v) is 10.3. The molecule has 0 aromatic rings. The summed E-state index contributed by atoms with van der Waals surface area (Å²) in [6, 6.07) is 0. The number of azide groups is 1. The average molecular weight is 411 g/mol. The summed E-state index contributed by atoms with van der Waals surface area (Å²) in [5, 5.41) is 13.2. The van der Waals surface area contributed by atoms with E-state index in [1.807, 2.05) is 6.92 Å². The third kappa shape index (κ3) is 2.47. The number of aliphatic hydroxyl groups is 1. The normalized spacial score (nSPS) is 42.4. The van der Waals surface area contributed by atoms with E-state index in [4.69, 9.17) is 5.53 Å². The molecule has 0 bridgehead atoms. The molecule has 0 aliphatic heterocycles. The third-order valence-electron chi connectivity index (χ3n) is 8.28. The van der Waals surface area contributed by atoms with Crippen LogP contribution in [0.25, 0.3) is 10.4 Å². The maximum Gasteiger partial charge on any atom is 0.166 e. The first-order valence-electron chi connectivity index (χ1n) is 10.3. The summed E-state index contributed by atoms with van der Waals surface area (Å²) in [6.07, 6.45) is 4.50. The molecule has 2 fully saturated rings. The lowest BCUT2D eigenvalue weighted by atomic mass is 9.46. The van der Waals surface area contributed by atoms with Crippen molar-refractivity contribution in [2.75, 3.05) is 6.61 Å². The zero-order valence-electron chi connectivity index (χ0n) is 17.3. The Kier molecular flexibility index (Phi) is 4.64. The predicted octanol–water partition coefficient (Wildman–Crippen LogP) is 2.71. The van der Waals surface area contributed by atoms with Crippen molar-refractivity contribution in [1.82, 2.24) is 0 Å². The Morgan fingerprint density at radius 2 is 2.00 bits per heavy atom. The minimum Gasteiger partial charge on any atom is -0.389 e. The fourth-order valence-corrected chi connectivity index (χ4v) is 6.84. The molecule has 0 amide bonds. The number of hydrogen-bond acceptors (Lipinski definition) is 6. The molecule has 1 unspecified atom stereocenters. The van der Waals surface area contributed by atoms with E-state index in [0.29, 0.717) is 18.4 Å². The highest BCUT2D eigenvalue weighted by atomic mass is 16.3. The summed E-state index contributed by atoms with van der Waals surface area (Å²) in [7, 11) is 0. The summed E-state index contributed by atoms with van der Waals surface area (Å²) >= 11 is 0. The zero-order chi connectivity index (χ0) is 22.0. The maximum atomic E-state index is 13.5. The number of carbonyl (C=O) groups excluding carboxylic acids is 4. The Bertz CT molecular complexity index is 991. The highest BCUT2D eigenvalue weighted by molar-refractivity contribution is 6.15. The van der Waals surface area contributed by atoms with E-state index in [9.17, 15) is 24.3 Å². The van der Waals surface area contributed by atoms with Crippen LogP contribution in [-0.2, 0) is 19.2 Å². The molecule has 8 heteroatoms. The van der Waals surface area contributed by atoms with E-state index in [2.05, 4.69) is 10.0 Å². The van der Waals surface area contributed by atoms with Gasteiger partial charge in [-0.05, 0) is 61.1 Å². The molecule has 0 spiro atoms. The van der Waals surface area contributed by atoms with Crippen LogP contribution in [0.15, 0.2) is 28.5 Å². The molecular formula is C22H25N3O5. The standard InChI is InChI=1S/C22H25N3O5/c1-10-16(27)7-14-15(24-25-23)6-11-12-4-5-13(18(29)9-26)21(12,2)8-17(28)19(11)22(14,3)20(10)30/h6-7,10-13,19,26H,4-5,8-9H2,1-3H3/t10?,11-,12-,13+,19+,21-,22-/m0/s1. The summed E-state index contributed by atoms with van der Waals surface area (Å²) in [5.74, 6) is -3.44. The van der Waals surface area contributed by atoms with Crippen LogP contribution in [-0.4, -0.2) is 34.8 Å². The maximum absolute atomic E-state index is 13.5. The van der Waals surface area contributed by atoms with Crippen molar-refractivity contribution >= 4 is 23.1 Å². The first-order chi connectivity index (χ1) is 14.1. The molecule has 1 N–H and O–H groups in total. The second-order valence-corrected chi connectivity index (χ2v) is 9.55. The van der Waals surface area contributed by atoms with Crippen molar-refractivity contribution in [3.8, 4) is 0 Å². The van der Waals surface area contributed by atoms with Gasteiger partial charge in [-0.25, -0.2) is 0 Å². The van der Waals surface area contributed by atoms with Gasteiger partial charge in [-0.2, -0.15) is 0 Å². The second kappa shape index (κ2) is 6.72. The van der Waals surface area contributed by atoms with Crippen LogP contribution in [0.2, 0.25) is 0 Å². The van der Waals surface area contributed by atoms with Crippen LogP contribution in [0.3, 0.4) is 0 Å². The number of Topliss-reactive ketones (excluding diaryl/α,β-unsaturated/α-hetero) is 3. The van der Waals surface area contributed by atoms with Crippen LogP contribution in [0.4, 0.5) is 0 Å². The number of aliphatic hydroxyl groups excluding tert-OH is 1. The molecule has 30 heavy (non-hydrogen) atoms. The highest BCUT2D eigenvalue weighted by Gasteiger charge is 2.65. The smallest absolute Gasteiger partial charge is 0.166 e. The number of allylic oxidation sites excluding steroid dienone is 3. The van der Waals surface area contributed by atoms with Gasteiger partial charge in [-0.15, -0.1) is 0 Å². The fourth-order valence-electron chi connectivity index (χ4n) is 6.84. The van der Waals surface area contributed by atoms with E-state index in [1.54, 1.807) is 19.9 Å². The molecule has 0 saturated heterocycles. The van der Waals surface area contributed by atoms with Gasteiger partial charge in [0.15, 0.2) is 17.3 Å². The Hall–Kier alpha value is -2.57. The lowest BCUT2D eigenvalue weighted by Crippen LogP contribution is -2.58. The quantitative estimate of drug-likeness (QED) is 0.329. The minimum absolute atomic E-state index is 0.0660. The molecule has 4 rings (SSSR count). The van der Waals surface area contributed by atoms with Gasteiger partial charge in [0.05, 0.1) is 11.3 Å². The van der Waals surface area contributed by atoms with Crippen molar-refractivity contribution in [3.63, 3.8) is 0 Å². The predicted molar refractivity (Wildman–Crippen MR) is 106 cm³/mol. The van der Waals surface area contributed by atoms with Gasteiger partial charge in [-0.3, -0.25) is 19.2 Å². The summed E-state index contributed by atoms with van der Waals surface area (Å²) < 4.78 is 0. The van der Waals surface area contributed by atoms with Gasteiger partial charge in [0.1, 0.15) is 12.4 Å². The number of ketones is 4. The Labute approximate surface area is 174 Å². The number of carbonyl (C=O) groups is 4. The number of hydrogen-bond donors (Lipinski definition) is 1.